The van der Waals surface area contributed by atoms with E-state index in [1.54, 1.807) is 19.1 Å². The summed E-state index contributed by atoms with van der Waals surface area (Å²) >= 11 is 0. The van der Waals surface area contributed by atoms with Gasteiger partial charge in [0, 0.05) is 5.56 Å². The SMILES string of the molecule is CC1(C2CC2)NC(=O)N(Cc2ncc(-c3ccc(F)cc3)o2)C1=O. The quantitative estimate of drug-likeness (QED) is 0.875. The maximum atomic E-state index is 13.0. The molecule has 3 amide bonds. The number of urea groups is 1. The molecule has 1 aliphatic carbocycles. The van der Waals surface area contributed by atoms with Crippen LogP contribution in [0.25, 0.3) is 11.3 Å². The molecule has 7 heteroatoms. The van der Waals surface area contributed by atoms with Crippen molar-refractivity contribution in [1.82, 2.24) is 15.2 Å². The first-order valence-electron chi connectivity index (χ1n) is 7.82. The molecule has 2 heterocycles. The van der Waals surface area contributed by atoms with Crippen LogP contribution in [0.2, 0.25) is 0 Å². The van der Waals surface area contributed by atoms with Crippen LogP contribution < -0.4 is 5.32 Å². The first kappa shape index (κ1) is 14.9. The average molecular weight is 329 g/mol. The van der Waals surface area contributed by atoms with Gasteiger partial charge in [0.15, 0.2) is 5.76 Å². The lowest BCUT2D eigenvalue weighted by Gasteiger charge is -2.20. The summed E-state index contributed by atoms with van der Waals surface area (Å²) in [4.78, 5) is 30.0. The van der Waals surface area contributed by atoms with Gasteiger partial charge >= 0.3 is 6.03 Å². The first-order chi connectivity index (χ1) is 11.5. The van der Waals surface area contributed by atoms with Crippen molar-refractivity contribution in [2.24, 2.45) is 5.92 Å². The average Bonchev–Trinajstić information content (AvgIpc) is 3.28. The maximum absolute atomic E-state index is 13.0. The van der Waals surface area contributed by atoms with Gasteiger partial charge in [0.05, 0.1) is 6.20 Å². The third-order valence-electron chi connectivity index (χ3n) is 4.67. The zero-order valence-corrected chi connectivity index (χ0v) is 13.1. The van der Waals surface area contributed by atoms with E-state index < -0.39 is 11.6 Å². The van der Waals surface area contributed by atoms with Crippen LogP contribution in [-0.4, -0.2) is 27.4 Å². The lowest BCUT2D eigenvalue weighted by atomic mass is 9.96. The van der Waals surface area contributed by atoms with Crippen LogP contribution in [0.1, 0.15) is 25.7 Å². The molecule has 1 aliphatic heterocycles. The predicted octanol–water partition coefficient (Wildman–Crippen LogP) is 2.70. The van der Waals surface area contributed by atoms with Gasteiger partial charge in [-0.25, -0.2) is 14.2 Å². The zero-order valence-electron chi connectivity index (χ0n) is 13.1. The number of hydrogen-bond acceptors (Lipinski definition) is 4. The lowest BCUT2D eigenvalue weighted by Crippen LogP contribution is -2.46. The topological polar surface area (TPSA) is 75.4 Å². The van der Waals surface area contributed by atoms with Crippen molar-refractivity contribution < 1.29 is 18.4 Å². The van der Waals surface area contributed by atoms with Crippen molar-refractivity contribution in [3.05, 3.63) is 42.2 Å². The van der Waals surface area contributed by atoms with Crippen molar-refractivity contribution in [2.75, 3.05) is 0 Å². The number of oxazole rings is 1. The molecule has 0 spiro atoms. The molecule has 1 aromatic heterocycles. The number of hydrogen-bond donors (Lipinski definition) is 1. The van der Waals surface area contributed by atoms with Crippen LogP contribution in [0.4, 0.5) is 9.18 Å². The molecule has 124 valence electrons. The molecule has 24 heavy (non-hydrogen) atoms. The Morgan fingerprint density at radius 3 is 2.71 bits per heavy atom. The smallest absolute Gasteiger partial charge is 0.325 e. The van der Waals surface area contributed by atoms with Crippen LogP contribution in [0.15, 0.2) is 34.9 Å². The monoisotopic (exact) mass is 329 g/mol. The molecular weight excluding hydrogens is 313 g/mol. The molecule has 1 saturated heterocycles. The van der Waals surface area contributed by atoms with Gasteiger partial charge in [-0.15, -0.1) is 0 Å². The summed E-state index contributed by atoms with van der Waals surface area (Å²) in [5.41, 5.74) is -0.140. The predicted molar refractivity (Wildman–Crippen MR) is 82.1 cm³/mol. The lowest BCUT2D eigenvalue weighted by molar-refractivity contribution is -0.132. The summed E-state index contributed by atoms with van der Waals surface area (Å²) in [6, 6.07) is 5.40. The fraction of sp³-hybridized carbons (Fsp3) is 0.353. The molecule has 6 nitrogen and oxygen atoms in total. The summed E-state index contributed by atoms with van der Waals surface area (Å²) in [5, 5.41) is 2.78. The summed E-state index contributed by atoms with van der Waals surface area (Å²) in [5.74, 6) is 0.354. The number of benzene rings is 1. The normalized spacial score (nSPS) is 23.7. The fourth-order valence-electron chi connectivity index (χ4n) is 3.06. The number of aromatic nitrogens is 1. The highest BCUT2D eigenvalue weighted by Gasteiger charge is 2.56. The highest BCUT2D eigenvalue weighted by molar-refractivity contribution is 6.07. The Bertz CT molecular complexity index is 813. The van der Waals surface area contributed by atoms with E-state index in [2.05, 4.69) is 10.3 Å². The summed E-state index contributed by atoms with van der Waals surface area (Å²) in [6.07, 6.45) is 3.40. The molecule has 2 aliphatic rings. The number of imide groups is 1. The molecular formula is C17H16FN3O3. The number of carbonyl (C=O) groups excluding carboxylic acids is 2. The largest absolute Gasteiger partial charge is 0.439 e. The van der Waals surface area contributed by atoms with Crippen molar-refractivity contribution in [3.63, 3.8) is 0 Å². The second-order valence-corrected chi connectivity index (χ2v) is 6.42. The summed E-state index contributed by atoms with van der Waals surface area (Å²) in [6.45, 7) is 1.75. The van der Waals surface area contributed by atoms with Gasteiger partial charge in [0.1, 0.15) is 17.9 Å². The van der Waals surface area contributed by atoms with Crippen LogP contribution in [-0.2, 0) is 11.3 Å². The number of halogens is 1. The summed E-state index contributed by atoms with van der Waals surface area (Å²) < 4.78 is 18.6. The van der Waals surface area contributed by atoms with Gasteiger partial charge in [-0.2, -0.15) is 0 Å². The van der Waals surface area contributed by atoms with Crippen molar-refractivity contribution in [3.8, 4) is 11.3 Å². The second kappa shape index (κ2) is 5.15. The van der Waals surface area contributed by atoms with Crippen molar-refractivity contribution >= 4 is 11.9 Å². The Balaban J connectivity index is 1.53. The molecule has 0 radical (unpaired) electrons. The third-order valence-corrected chi connectivity index (χ3v) is 4.67. The van der Waals surface area contributed by atoms with Crippen LogP contribution in [0.5, 0.6) is 0 Å². The van der Waals surface area contributed by atoms with Crippen molar-refractivity contribution in [1.29, 1.82) is 0 Å². The van der Waals surface area contributed by atoms with E-state index in [9.17, 15) is 14.0 Å². The van der Waals surface area contributed by atoms with Gasteiger partial charge in [-0.05, 0) is 49.9 Å². The number of rotatable bonds is 4. The van der Waals surface area contributed by atoms with Crippen LogP contribution in [0, 0.1) is 11.7 Å². The van der Waals surface area contributed by atoms with E-state index in [1.807, 2.05) is 0 Å². The van der Waals surface area contributed by atoms with E-state index >= 15 is 0 Å². The molecule has 1 saturated carbocycles. The molecule has 2 fully saturated rings. The third kappa shape index (κ3) is 2.36. The minimum atomic E-state index is -0.816. The molecule has 1 atom stereocenters. The van der Waals surface area contributed by atoms with E-state index in [4.69, 9.17) is 4.42 Å². The van der Waals surface area contributed by atoms with E-state index in [0.29, 0.717) is 11.3 Å². The fourth-order valence-corrected chi connectivity index (χ4v) is 3.06. The molecule has 2 aromatic rings. The molecule has 1 unspecified atom stereocenters. The Kier molecular flexibility index (Phi) is 3.19. The minimum absolute atomic E-state index is 0.0197. The standard InChI is InChI=1S/C17H16FN3O3/c1-17(11-4-5-11)15(22)21(16(23)20-17)9-14-19-8-13(24-14)10-2-6-12(18)7-3-10/h2-3,6-8,11H,4-5,9H2,1H3,(H,20,23). The Morgan fingerprint density at radius 1 is 1.33 bits per heavy atom. The van der Waals surface area contributed by atoms with Gasteiger partial charge in [-0.3, -0.25) is 9.69 Å². The molecule has 1 N–H and O–H groups in total. The van der Waals surface area contributed by atoms with Crippen LogP contribution in [0.3, 0.4) is 0 Å². The summed E-state index contributed by atoms with van der Waals surface area (Å²) in [7, 11) is 0. The molecule has 4 rings (SSSR count). The van der Waals surface area contributed by atoms with E-state index in [1.165, 1.54) is 18.3 Å². The van der Waals surface area contributed by atoms with Gasteiger partial charge in [0.25, 0.3) is 5.91 Å². The maximum Gasteiger partial charge on any atom is 0.325 e. The Labute approximate surface area is 137 Å². The molecule has 1 aromatic carbocycles. The van der Waals surface area contributed by atoms with E-state index in [-0.39, 0.29) is 30.1 Å². The van der Waals surface area contributed by atoms with Crippen molar-refractivity contribution in [2.45, 2.75) is 31.8 Å². The first-order valence-corrected chi connectivity index (χ1v) is 7.82. The minimum Gasteiger partial charge on any atom is -0.439 e. The number of carbonyl (C=O) groups is 2. The Morgan fingerprint density at radius 2 is 2.04 bits per heavy atom. The number of nitrogens with zero attached hydrogens (tertiary/aromatic N) is 2. The zero-order chi connectivity index (χ0) is 16.9. The van der Waals surface area contributed by atoms with Gasteiger partial charge in [-0.1, -0.05) is 0 Å². The molecule has 0 bridgehead atoms. The highest BCUT2D eigenvalue weighted by atomic mass is 19.1. The van der Waals surface area contributed by atoms with Crippen LogP contribution >= 0.6 is 0 Å². The van der Waals surface area contributed by atoms with Gasteiger partial charge in [0.2, 0.25) is 5.89 Å². The van der Waals surface area contributed by atoms with Gasteiger partial charge < -0.3 is 9.73 Å². The highest BCUT2D eigenvalue weighted by Crippen LogP contribution is 2.42. The van der Waals surface area contributed by atoms with E-state index in [0.717, 1.165) is 17.7 Å². The number of nitrogens with one attached hydrogen (secondary N) is 1. The second-order valence-electron chi connectivity index (χ2n) is 6.42. The Hall–Kier alpha value is -2.70. The number of amides is 3.